The standard InChI is InChI=1S/C17H18Cl2N2O/c1-3-12-4-7-14(8-5-12)21-17(22)20-11(2)15-9-6-13(18)10-16(15)19/h4-11H,3H2,1-2H3,(H2,20,21,22). The molecule has 0 bridgehead atoms. The first-order valence-electron chi connectivity index (χ1n) is 7.11. The maximum absolute atomic E-state index is 12.0. The van der Waals surface area contributed by atoms with Crippen LogP contribution in [0.4, 0.5) is 10.5 Å². The third kappa shape index (κ3) is 4.39. The van der Waals surface area contributed by atoms with Crippen LogP contribution >= 0.6 is 23.2 Å². The van der Waals surface area contributed by atoms with E-state index in [0.29, 0.717) is 10.0 Å². The van der Waals surface area contributed by atoms with Gasteiger partial charge in [0, 0.05) is 15.7 Å². The molecule has 2 aromatic rings. The molecule has 1 atom stereocenters. The molecule has 0 spiro atoms. The third-order valence-electron chi connectivity index (χ3n) is 3.40. The van der Waals surface area contributed by atoms with Crippen LogP contribution < -0.4 is 10.6 Å². The molecule has 2 aromatic carbocycles. The molecule has 0 saturated heterocycles. The molecule has 5 heteroatoms. The van der Waals surface area contributed by atoms with Gasteiger partial charge in [-0.1, -0.05) is 48.3 Å². The number of anilines is 1. The monoisotopic (exact) mass is 336 g/mol. The van der Waals surface area contributed by atoms with Gasteiger partial charge in [-0.3, -0.25) is 0 Å². The molecule has 0 aliphatic heterocycles. The first kappa shape index (κ1) is 16.7. The van der Waals surface area contributed by atoms with Crippen molar-refractivity contribution in [2.24, 2.45) is 0 Å². The Hall–Kier alpha value is -1.71. The van der Waals surface area contributed by atoms with E-state index in [1.165, 1.54) is 5.56 Å². The summed E-state index contributed by atoms with van der Waals surface area (Å²) in [5.74, 6) is 0. The van der Waals surface area contributed by atoms with E-state index in [2.05, 4.69) is 17.6 Å². The Morgan fingerprint density at radius 3 is 2.41 bits per heavy atom. The summed E-state index contributed by atoms with van der Waals surface area (Å²) in [6.07, 6.45) is 0.971. The Bertz CT molecular complexity index is 656. The molecule has 22 heavy (non-hydrogen) atoms. The predicted octanol–water partition coefficient (Wildman–Crippen LogP) is 5.44. The highest BCUT2D eigenvalue weighted by molar-refractivity contribution is 6.35. The number of amides is 2. The van der Waals surface area contributed by atoms with Crippen molar-refractivity contribution < 1.29 is 4.79 Å². The number of nitrogens with one attached hydrogen (secondary N) is 2. The van der Waals surface area contributed by atoms with Gasteiger partial charge in [0.05, 0.1) is 6.04 Å². The van der Waals surface area contributed by atoms with Crippen LogP contribution in [0.1, 0.15) is 31.0 Å². The van der Waals surface area contributed by atoms with Gasteiger partial charge in [0.15, 0.2) is 0 Å². The van der Waals surface area contributed by atoms with Crippen LogP contribution in [0, 0.1) is 0 Å². The molecular formula is C17H18Cl2N2O. The lowest BCUT2D eigenvalue weighted by Gasteiger charge is -2.16. The van der Waals surface area contributed by atoms with Gasteiger partial charge in [-0.15, -0.1) is 0 Å². The first-order chi connectivity index (χ1) is 10.5. The number of halogens is 2. The highest BCUT2D eigenvalue weighted by Crippen LogP contribution is 2.26. The summed E-state index contributed by atoms with van der Waals surface area (Å²) in [7, 11) is 0. The predicted molar refractivity (Wildman–Crippen MR) is 92.9 cm³/mol. The Labute approximate surface area is 140 Å². The van der Waals surface area contributed by atoms with E-state index in [1.54, 1.807) is 12.1 Å². The van der Waals surface area contributed by atoms with Crippen LogP contribution in [0.15, 0.2) is 42.5 Å². The molecule has 0 heterocycles. The normalized spacial score (nSPS) is 11.8. The van der Waals surface area contributed by atoms with Gasteiger partial charge < -0.3 is 10.6 Å². The number of carbonyl (C=O) groups is 1. The smallest absolute Gasteiger partial charge is 0.319 e. The second-order valence-corrected chi connectivity index (χ2v) is 5.88. The van der Waals surface area contributed by atoms with Crippen LogP contribution in [-0.4, -0.2) is 6.03 Å². The lowest BCUT2D eigenvalue weighted by atomic mass is 10.1. The lowest BCUT2D eigenvalue weighted by Crippen LogP contribution is -2.31. The van der Waals surface area contributed by atoms with Crippen molar-refractivity contribution in [2.45, 2.75) is 26.3 Å². The molecule has 3 nitrogen and oxygen atoms in total. The molecule has 1 unspecified atom stereocenters. The summed E-state index contributed by atoms with van der Waals surface area (Å²) in [6.45, 7) is 3.96. The number of aryl methyl sites for hydroxylation is 1. The minimum absolute atomic E-state index is 0.223. The molecule has 0 radical (unpaired) electrons. The number of hydrogen-bond donors (Lipinski definition) is 2. The molecule has 2 amide bonds. The maximum atomic E-state index is 12.0. The first-order valence-corrected chi connectivity index (χ1v) is 7.86. The fourth-order valence-corrected chi connectivity index (χ4v) is 2.69. The Kier molecular flexibility index (Phi) is 5.69. The molecule has 0 fully saturated rings. The van der Waals surface area contributed by atoms with Gasteiger partial charge in [-0.2, -0.15) is 0 Å². The van der Waals surface area contributed by atoms with Crippen molar-refractivity contribution in [3.05, 3.63) is 63.6 Å². The Morgan fingerprint density at radius 1 is 1.14 bits per heavy atom. The van der Waals surface area contributed by atoms with E-state index in [1.807, 2.05) is 37.3 Å². The average Bonchev–Trinajstić information content (AvgIpc) is 2.47. The Balaban J connectivity index is 1.98. The summed E-state index contributed by atoms with van der Waals surface area (Å²) in [4.78, 5) is 12.0. The quantitative estimate of drug-likeness (QED) is 0.766. The molecule has 0 aliphatic rings. The van der Waals surface area contributed by atoms with Crippen LogP contribution in [0.2, 0.25) is 10.0 Å². The molecule has 2 N–H and O–H groups in total. The third-order valence-corrected chi connectivity index (χ3v) is 3.96. The van der Waals surface area contributed by atoms with E-state index in [-0.39, 0.29) is 12.1 Å². The molecule has 2 rings (SSSR count). The van der Waals surface area contributed by atoms with Crippen LogP contribution in [-0.2, 0) is 6.42 Å². The van der Waals surface area contributed by atoms with Gasteiger partial charge in [-0.25, -0.2) is 4.79 Å². The van der Waals surface area contributed by atoms with Crippen LogP contribution in [0.25, 0.3) is 0 Å². The molecule has 0 saturated carbocycles. The highest BCUT2D eigenvalue weighted by Gasteiger charge is 2.13. The largest absolute Gasteiger partial charge is 0.331 e. The van der Waals surface area contributed by atoms with Crippen LogP contribution in [0.3, 0.4) is 0 Å². The molecule has 0 aromatic heterocycles. The summed E-state index contributed by atoms with van der Waals surface area (Å²) < 4.78 is 0. The number of hydrogen-bond acceptors (Lipinski definition) is 1. The minimum atomic E-state index is -0.275. The number of carbonyl (C=O) groups excluding carboxylic acids is 1. The van der Waals surface area contributed by atoms with Gasteiger partial charge in [0.25, 0.3) is 0 Å². The van der Waals surface area contributed by atoms with Crippen molar-refractivity contribution in [1.29, 1.82) is 0 Å². The summed E-state index contributed by atoms with van der Waals surface area (Å²) in [5, 5.41) is 6.77. The second-order valence-electron chi connectivity index (χ2n) is 5.04. The number of urea groups is 1. The van der Waals surface area contributed by atoms with Crippen molar-refractivity contribution in [1.82, 2.24) is 5.32 Å². The summed E-state index contributed by atoms with van der Waals surface area (Å²) >= 11 is 12.0. The fourth-order valence-electron chi connectivity index (χ4n) is 2.12. The van der Waals surface area contributed by atoms with E-state index in [4.69, 9.17) is 23.2 Å². The average molecular weight is 337 g/mol. The maximum Gasteiger partial charge on any atom is 0.319 e. The number of benzene rings is 2. The minimum Gasteiger partial charge on any atom is -0.331 e. The van der Waals surface area contributed by atoms with Gasteiger partial charge in [0.2, 0.25) is 0 Å². The fraction of sp³-hybridized carbons (Fsp3) is 0.235. The van der Waals surface area contributed by atoms with E-state index < -0.39 is 0 Å². The van der Waals surface area contributed by atoms with Crippen molar-refractivity contribution >= 4 is 34.9 Å². The lowest BCUT2D eigenvalue weighted by molar-refractivity contribution is 0.249. The topological polar surface area (TPSA) is 41.1 Å². The summed E-state index contributed by atoms with van der Waals surface area (Å²) in [6, 6.07) is 12.5. The van der Waals surface area contributed by atoms with Gasteiger partial charge in [0.1, 0.15) is 0 Å². The zero-order valence-electron chi connectivity index (χ0n) is 12.5. The van der Waals surface area contributed by atoms with Crippen molar-refractivity contribution in [3.8, 4) is 0 Å². The van der Waals surface area contributed by atoms with Gasteiger partial charge in [-0.05, 0) is 48.7 Å². The summed E-state index contributed by atoms with van der Waals surface area (Å²) in [5.41, 5.74) is 2.80. The zero-order valence-corrected chi connectivity index (χ0v) is 14.0. The molecule has 0 aliphatic carbocycles. The van der Waals surface area contributed by atoms with E-state index >= 15 is 0 Å². The van der Waals surface area contributed by atoms with Gasteiger partial charge >= 0.3 is 6.03 Å². The SMILES string of the molecule is CCc1ccc(NC(=O)NC(C)c2ccc(Cl)cc2Cl)cc1. The zero-order chi connectivity index (χ0) is 16.1. The number of rotatable bonds is 4. The molecule has 116 valence electrons. The van der Waals surface area contributed by atoms with Crippen molar-refractivity contribution in [2.75, 3.05) is 5.32 Å². The van der Waals surface area contributed by atoms with E-state index in [0.717, 1.165) is 17.7 Å². The highest BCUT2D eigenvalue weighted by atomic mass is 35.5. The Morgan fingerprint density at radius 2 is 1.82 bits per heavy atom. The second kappa shape index (κ2) is 7.52. The molecular weight excluding hydrogens is 319 g/mol. The van der Waals surface area contributed by atoms with Crippen molar-refractivity contribution in [3.63, 3.8) is 0 Å². The van der Waals surface area contributed by atoms with Crippen LogP contribution in [0.5, 0.6) is 0 Å². The van der Waals surface area contributed by atoms with E-state index in [9.17, 15) is 4.79 Å².